The van der Waals surface area contributed by atoms with Gasteiger partial charge in [-0.25, -0.2) is 13.1 Å². The molecule has 1 unspecified atom stereocenters. The van der Waals surface area contributed by atoms with Crippen molar-refractivity contribution in [2.45, 2.75) is 17.9 Å². The van der Waals surface area contributed by atoms with Crippen LogP contribution in [0.3, 0.4) is 0 Å². The minimum atomic E-state index is -3.94. The molecule has 0 radical (unpaired) electrons. The highest BCUT2D eigenvalue weighted by Crippen LogP contribution is 2.39. The maximum atomic E-state index is 13.3. The molecule has 1 atom stereocenters. The number of nitrogens with zero attached hydrogens (tertiary/aromatic N) is 5. The molecule has 2 heterocycles. The molecular formula is C21H18N6O3S. The van der Waals surface area contributed by atoms with Crippen LogP contribution in [0, 0.1) is 0 Å². The van der Waals surface area contributed by atoms with Crippen molar-refractivity contribution in [3.05, 3.63) is 72.1 Å². The number of tetrazole rings is 1. The van der Waals surface area contributed by atoms with Gasteiger partial charge >= 0.3 is 0 Å². The predicted octanol–water partition coefficient (Wildman–Crippen LogP) is 2.45. The van der Waals surface area contributed by atoms with Crippen LogP contribution in [0.1, 0.15) is 29.1 Å². The molecule has 0 spiro atoms. The smallest absolute Gasteiger partial charge is 0.258 e. The van der Waals surface area contributed by atoms with Gasteiger partial charge in [-0.3, -0.25) is 4.79 Å². The minimum absolute atomic E-state index is 0.0989. The average molecular weight is 434 g/mol. The maximum Gasteiger partial charge on any atom is 0.258 e. The van der Waals surface area contributed by atoms with Crippen LogP contribution in [0.2, 0.25) is 0 Å². The van der Waals surface area contributed by atoms with Gasteiger partial charge in [-0.2, -0.15) is 4.68 Å². The number of carbonyl (C=O) groups excluding carboxylic acids is 1. The van der Waals surface area contributed by atoms with E-state index in [0.717, 1.165) is 5.69 Å². The van der Waals surface area contributed by atoms with E-state index < -0.39 is 16.1 Å². The van der Waals surface area contributed by atoms with Gasteiger partial charge in [0, 0.05) is 23.4 Å². The van der Waals surface area contributed by atoms with E-state index in [1.165, 1.54) is 15.6 Å². The second kappa shape index (κ2) is 6.96. The van der Waals surface area contributed by atoms with E-state index in [4.69, 9.17) is 0 Å². The molecular weight excluding hydrogens is 416 g/mol. The summed E-state index contributed by atoms with van der Waals surface area (Å²) in [5, 5.41) is 12.8. The molecule has 10 heteroatoms. The zero-order chi connectivity index (χ0) is 21.8. The molecule has 1 aliphatic rings. The highest BCUT2D eigenvalue weighted by Gasteiger charge is 2.31. The van der Waals surface area contributed by atoms with Crippen molar-refractivity contribution in [2.75, 3.05) is 11.9 Å². The highest BCUT2D eigenvalue weighted by atomic mass is 32.2. The van der Waals surface area contributed by atoms with E-state index in [0.29, 0.717) is 27.8 Å². The molecule has 4 aromatic rings. The molecule has 0 saturated heterocycles. The molecule has 3 aromatic carbocycles. The lowest BCUT2D eigenvalue weighted by molar-refractivity contribution is 0.0999. The summed E-state index contributed by atoms with van der Waals surface area (Å²) >= 11 is 0. The quantitative estimate of drug-likeness (QED) is 0.517. The topological polar surface area (TPSA) is 110 Å². The SMILES string of the molecule is CC(NS(=O)(=O)c1ccc2c3c(cccc13)C(=O)N2C)c1nnnn1-c1ccccc1. The highest BCUT2D eigenvalue weighted by molar-refractivity contribution is 7.89. The van der Waals surface area contributed by atoms with Crippen LogP contribution < -0.4 is 9.62 Å². The lowest BCUT2D eigenvalue weighted by Gasteiger charge is -2.16. The lowest BCUT2D eigenvalue weighted by Crippen LogP contribution is -2.29. The normalized spacial score (nSPS) is 14.4. The van der Waals surface area contributed by atoms with E-state index in [-0.39, 0.29) is 10.8 Å². The van der Waals surface area contributed by atoms with Crippen molar-refractivity contribution in [1.29, 1.82) is 0 Å². The number of amides is 1. The zero-order valence-corrected chi connectivity index (χ0v) is 17.5. The van der Waals surface area contributed by atoms with Crippen LogP contribution in [-0.2, 0) is 10.0 Å². The number of hydrogen-bond donors (Lipinski definition) is 1. The van der Waals surface area contributed by atoms with Crippen molar-refractivity contribution in [1.82, 2.24) is 24.9 Å². The molecule has 1 N–H and O–H groups in total. The van der Waals surface area contributed by atoms with Crippen molar-refractivity contribution in [3.8, 4) is 5.69 Å². The van der Waals surface area contributed by atoms with E-state index in [9.17, 15) is 13.2 Å². The summed E-state index contributed by atoms with van der Waals surface area (Å²) in [5.41, 5.74) is 1.91. The number of benzene rings is 3. The molecule has 9 nitrogen and oxygen atoms in total. The predicted molar refractivity (Wildman–Crippen MR) is 115 cm³/mol. The lowest BCUT2D eigenvalue weighted by atomic mass is 10.1. The Balaban J connectivity index is 1.55. The van der Waals surface area contributed by atoms with Gasteiger partial charge in [0.2, 0.25) is 10.0 Å². The summed E-state index contributed by atoms with van der Waals surface area (Å²) < 4.78 is 30.8. The second-order valence-corrected chi connectivity index (χ2v) is 8.98. The second-order valence-electron chi connectivity index (χ2n) is 7.30. The minimum Gasteiger partial charge on any atom is -0.311 e. The summed E-state index contributed by atoms with van der Waals surface area (Å²) in [4.78, 5) is 14.1. The Morgan fingerprint density at radius 2 is 1.77 bits per heavy atom. The van der Waals surface area contributed by atoms with Crippen LogP contribution in [0.5, 0.6) is 0 Å². The first-order chi connectivity index (χ1) is 14.9. The zero-order valence-electron chi connectivity index (χ0n) is 16.7. The number of carbonyl (C=O) groups is 1. The molecule has 1 amide bonds. The van der Waals surface area contributed by atoms with Crippen molar-refractivity contribution < 1.29 is 13.2 Å². The standard InChI is InChI=1S/C21H18N6O3S/c1-13(20-22-24-25-27(20)14-7-4-3-5-8-14)23-31(29,30)18-12-11-17-19-15(18)9-6-10-16(19)21(28)26(17)2/h3-13,23H,1-2H3. The van der Waals surface area contributed by atoms with Crippen molar-refractivity contribution in [3.63, 3.8) is 0 Å². The Morgan fingerprint density at radius 1 is 1.00 bits per heavy atom. The first-order valence-electron chi connectivity index (χ1n) is 9.58. The molecule has 0 bridgehead atoms. The molecule has 0 fully saturated rings. The van der Waals surface area contributed by atoms with E-state index in [1.807, 2.05) is 30.3 Å². The summed E-state index contributed by atoms with van der Waals surface area (Å²) in [5.74, 6) is 0.203. The first kappa shape index (κ1) is 19.3. The van der Waals surface area contributed by atoms with Gasteiger partial charge in [-0.15, -0.1) is 5.10 Å². The fraction of sp³-hybridized carbons (Fsp3) is 0.143. The molecule has 1 aliphatic heterocycles. The third-order valence-corrected chi connectivity index (χ3v) is 6.98. The van der Waals surface area contributed by atoms with Gasteiger partial charge in [-0.1, -0.05) is 30.3 Å². The average Bonchev–Trinajstić information content (AvgIpc) is 3.35. The fourth-order valence-electron chi connectivity index (χ4n) is 3.91. The van der Waals surface area contributed by atoms with Crippen molar-refractivity contribution in [2.24, 2.45) is 0 Å². The van der Waals surface area contributed by atoms with Crippen LogP contribution in [0.25, 0.3) is 16.5 Å². The summed E-state index contributed by atoms with van der Waals surface area (Å²) in [6, 6.07) is 16.8. The number of rotatable bonds is 5. The van der Waals surface area contributed by atoms with Gasteiger partial charge in [0.15, 0.2) is 5.82 Å². The fourth-order valence-corrected chi connectivity index (χ4v) is 5.31. The number of aromatic nitrogens is 4. The third kappa shape index (κ3) is 2.99. The molecule has 31 heavy (non-hydrogen) atoms. The summed E-state index contributed by atoms with van der Waals surface area (Å²) in [6.45, 7) is 1.68. The summed E-state index contributed by atoms with van der Waals surface area (Å²) in [7, 11) is -2.26. The van der Waals surface area contributed by atoms with E-state index in [1.54, 1.807) is 38.2 Å². The van der Waals surface area contributed by atoms with E-state index >= 15 is 0 Å². The Labute approximate surface area is 178 Å². The largest absolute Gasteiger partial charge is 0.311 e. The number of hydrogen-bond acceptors (Lipinski definition) is 6. The third-order valence-electron chi connectivity index (χ3n) is 5.38. The molecule has 156 valence electrons. The maximum absolute atomic E-state index is 13.3. The Kier molecular flexibility index (Phi) is 4.34. The Hall–Kier alpha value is -3.63. The van der Waals surface area contributed by atoms with Gasteiger partial charge in [0.1, 0.15) is 0 Å². The molecule has 0 aliphatic carbocycles. The molecule has 0 saturated carbocycles. The van der Waals surface area contributed by atoms with Crippen LogP contribution in [0.15, 0.2) is 65.6 Å². The first-order valence-corrected chi connectivity index (χ1v) is 11.1. The number of para-hydroxylation sites is 1. The van der Waals surface area contributed by atoms with Crippen LogP contribution in [-0.4, -0.2) is 41.6 Å². The molecule has 1 aromatic heterocycles. The van der Waals surface area contributed by atoms with E-state index in [2.05, 4.69) is 20.2 Å². The summed E-state index contributed by atoms with van der Waals surface area (Å²) in [6.07, 6.45) is 0. The molecule has 5 rings (SSSR count). The van der Waals surface area contributed by atoms with Gasteiger partial charge in [0.05, 0.1) is 22.3 Å². The van der Waals surface area contributed by atoms with Crippen molar-refractivity contribution >= 4 is 32.4 Å². The number of nitrogens with one attached hydrogen (secondary N) is 1. The van der Waals surface area contributed by atoms with Gasteiger partial charge < -0.3 is 4.90 Å². The number of anilines is 1. The van der Waals surface area contributed by atoms with Gasteiger partial charge in [-0.05, 0) is 47.7 Å². The van der Waals surface area contributed by atoms with Crippen LogP contribution in [0.4, 0.5) is 5.69 Å². The number of sulfonamides is 1. The Morgan fingerprint density at radius 3 is 2.55 bits per heavy atom. The Bertz CT molecular complexity index is 1430. The van der Waals surface area contributed by atoms with Crippen LogP contribution >= 0.6 is 0 Å². The van der Waals surface area contributed by atoms with Gasteiger partial charge in [0.25, 0.3) is 5.91 Å². The monoisotopic (exact) mass is 434 g/mol.